The predicted molar refractivity (Wildman–Crippen MR) is 118 cm³/mol. The Balaban J connectivity index is 1.87. The second-order valence-electron chi connectivity index (χ2n) is 8.39. The minimum absolute atomic E-state index is 0.0908. The maximum atomic E-state index is 9.83. The molecule has 0 spiro atoms. The molecule has 0 unspecified atom stereocenters. The maximum absolute atomic E-state index is 9.83. The summed E-state index contributed by atoms with van der Waals surface area (Å²) in [6.45, 7) is 2.65. The van der Waals surface area contributed by atoms with Crippen LogP contribution in [0.3, 0.4) is 0 Å². The van der Waals surface area contributed by atoms with Gasteiger partial charge in [0, 0.05) is 6.61 Å². The van der Waals surface area contributed by atoms with Crippen molar-refractivity contribution in [2.45, 2.75) is 121 Å². The summed E-state index contributed by atoms with van der Waals surface area (Å²) in [5.74, 6) is 0. The Morgan fingerprint density at radius 1 is 0.862 bits per heavy atom. The number of aliphatic hydroxyl groups excluding tert-OH is 3. The third kappa shape index (κ3) is 12.7. The van der Waals surface area contributed by atoms with Crippen molar-refractivity contribution in [3.63, 3.8) is 0 Å². The molecule has 1 fully saturated rings. The Morgan fingerprint density at radius 3 is 1.93 bits per heavy atom. The van der Waals surface area contributed by atoms with E-state index in [-0.39, 0.29) is 13.2 Å². The SMILES string of the molecule is CCCCCCCCCCCCC/C=C/CCCO[C@H](CO)[C@H]1OC[C@H](O)[C@H]1O. The Labute approximate surface area is 178 Å². The summed E-state index contributed by atoms with van der Waals surface area (Å²) in [6, 6.07) is 0. The molecule has 172 valence electrons. The Kier molecular flexibility index (Phi) is 16.8. The van der Waals surface area contributed by atoms with E-state index in [9.17, 15) is 15.3 Å². The number of aliphatic hydroxyl groups is 3. The molecule has 1 heterocycles. The molecule has 29 heavy (non-hydrogen) atoms. The summed E-state index contributed by atoms with van der Waals surface area (Å²) >= 11 is 0. The van der Waals surface area contributed by atoms with E-state index in [0.29, 0.717) is 6.61 Å². The first kappa shape index (κ1) is 26.6. The summed E-state index contributed by atoms with van der Waals surface area (Å²) in [5, 5.41) is 28.8. The van der Waals surface area contributed by atoms with Gasteiger partial charge < -0.3 is 24.8 Å². The van der Waals surface area contributed by atoms with Gasteiger partial charge in [-0.3, -0.25) is 0 Å². The van der Waals surface area contributed by atoms with E-state index >= 15 is 0 Å². The van der Waals surface area contributed by atoms with Gasteiger partial charge in [0.1, 0.15) is 24.4 Å². The van der Waals surface area contributed by atoms with E-state index in [1.807, 2.05) is 0 Å². The molecule has 3 N–H and O–H groups in total. The van der Waals surface area contributed by atoms with E-state index in [1.54, 1.807) is 0 Å². The first-order chi connectivity index (χ1) is 14.2. The number of rotatable bonds is 19. The fourth-order valence-corrected chi connectivity index (χ4v) is 3.80. The standard InChI is InChI=1S/C24H46O5/c1-2-3-4-5-6-7-8-9-10-11-12-13-14-15-16-17-18-28-22(19-25)24-23(27)21(26)20-29-24/h14-15,21-27H,2-13,16-20H2,1H3/b15-14+/t21-,22+,23+,24+/m0/s1. The minimum Gasteiger partial charge on any atom is -0.394 e. The molecule has 0 aromatic heterocycles. The van der Waals surface area contributed by atoms with Crippen molar-refractivity contribution >= 4 is 0 Å². The molecule has 0 aromatic rings. The van der Waals surface area contributed by atoms with Gasteiger partial charge in [0.15, 0.2) is 0 Å². The second kappa shape index (κ2) is 18.3. The monoisotopic (exact) mass is 414 g/mol. The first-order valence-corrected chi connectivity index (χ1v) is 12.1. The average molecular weight is 415 g/mol. The third-order valence-electron chi connectivity index (χ3n) is 5.72. The van der Waals surface area contributed by atoms with E-state index < -0.39 is 24.4 Å². The van der Waals surface area contributed by atoms with Crippen LogP contribution in [0.2, 0.25) is 0 Å². The topological polar surface area (TPSA) is 79.2 Å². The molecule has 4 atom stereocenters. The molecule has 1 rings (SSSR count). The summed E-state index contributed by atoms with van der Waals surface area (Å²) in [4.78, 5) is 0. The number of hydrogen-bond acceptors (Lipinski definition) is 5. The van der Waals surface area contributed by atoms with Crippen molar-refractivity contribution in [2.75, 3.05) is 19.8 Å². The van der Waals surface area contributed by atoms with Crippen LogP contribution in [-0.2, 0) is 9.47 Å². The molecular weight excluding hydrogens is 368 g/mol. The Hall–Kier alpha value is -0.460. The van der Waals surface area contributed by atoms with Gasteiger partial charge in [-0.1, -0.05) is 83.3 Å². The van der Waals surface area contributed by atoms with E-state index in [4.69, 9.17) is 9.47 Å². The predicted octanol–water partition coefficient (Wildman–Crippen LogP) is 4.52. The summed E-state index contributed by atoms with van der Waals surface area (Å²) < 4.78 is 10.9. The van der Waals surface area contributed by atoms with Crippen molar-refractivity contribution in [3.8, 4) is 0 Å². The lowest BCUT2D eigenvalue weighted by Gasteiger charge is -2.24. The largest absolute Gasteiger partial charge is 0.394 e. The van der Waals surface area contributed by atoms with Crippen molar-refractivity contribution in [3.05, 3.63) is 12.2 Å². The lowest BCUT2D eigenvalue weighted by Crippen LogP contribution is -2.42. The van der Waals surface area contributed by atoms with Gasteiger partial charge >= 0.3 is 0 Å². The third-order valence-corrected chi connectivity index (χ3v) is 5.72. The highest BCUT2D eigenvalue weighted by Crippen LogP contribution is 2.19. The Morgan fingerprint density at radius 2 is 1.41 bits per heavy atom. The smallest absolute Gasteiger partial charge is 0.114 e. The van der Waals surface area contributed by atoms with Crippen molar-refractivity contribution in [2.24, 2.45) is 0 Å². The van der Waals surface area contributed by atoms with Crippen LogP contribution in [0.15, 0.2) is 12.2 Å². The van der Waals surface area contributed by atoms with Crippen LogP contribution in [0.1, 0.15) is 96.8 Å². The van der Waals surface area contributed by atoms with Gasteiger partial charge in [0.2, 0.25) is 0 Å². The lowest BCUT2D eigenvalue weighted by molar-refractivity contribution is -0.101. The van der Waals surface area contributed by atoms with Gasteiger partial charge in [-0.15, -0.1) is 0 Å². The highest BCUT2D eigenvalue weighted by Gasteiger charge is 2.40. The molecule has 5 heteroatoms. The highest BCUT2D eigenvalue weighted by atomic mass is 16.6. The Bertz CT molecular complexity index is 387. The van der Waals surface area contributed by atoms with Crippen LogP contribution in [0, 0.1) is 0 Å². The highest BCUT2D eigenvalue weighted by molar-refractivity contribution is 4.88. The number of unbranched alkanes of at least 4 members (excludes halogenated alkanes) is 12. The van der Waals surface area contributed by atoms with Gasteiger partial charge in [-0.2, -0.15) is 0 Å². The molecule has 1 saturated heterocycles. The normalized spacial score (nSPS) is 23.2. The first-order valence-electron chi connectivity index (χ1n) is 12.1. The van der Waals surface area contributed by atoms with Gasteiger partial charge in [-0.05, 0) is 25.7 Å². The molecule has 0 radical (unpaired) electrons. The van der Waals surface area contributed by atoms with E-state index in [0.717, 1.165) is 19.3 Å². The van der Waals surface area contributed by atoms with Crippen molar-refractivity contribution in [1.29, 1.82) is 0 Å². The number of ether oxygens (including phenoxy) is 2. The van der Waals surface area contributed by atoms with Crippen molar-refractivity contribution in [1.82, 2.24) is 0 Å². The maximum Gasteiger partial charge on any atom is 0.114 e. The zero-order chi connectivity index (χ0) is 21.2. The number of hydrogen-bond donors (Lipinski definition) is 3. The summed E-state index contributed by atoms with van der Waals surface area (Å²) in [7, 11) is 0. The molecule has 0 aromatic carbocycles. The summed E-state index contributed by atoms with van der Waals surface area (Å²) in [6.07, 6.45) is 19.5. The van der Waals surface area contributed by atoms with Gasteiger partial charge in [0.05, 0.1) is 13.2 Å². The zero-order valence-corrected chi connectivity index (χ0v) is 18.6. The number of allylic oxidation sites excluding steroid dienone is 2. The van der Waals surface area contributed by atoms with E-state index in [2.05, 4.69) is 19.1 Å². The van der Waals surface area contributed by atoms with Crippen molar-refractivity contribution < 1.29 is 24.8 Å². The van der Waals surface area contributed by atoms with Crippen LogP contribution < -0.4 is 0 Å². The molecule has 0 aliphatic carbocycles. The lowest BCUT2D eigenvalue weighted by atomic mass is 10.1. The molecule has 5 nitrogen and oxygen atoms in total. The van der Waals surface area contributed by atoms with Crippen LogP contribution in [-0.4, -0.2) is 59.6 Å². The molecule has 0 bridgehead atoms. The fourth-order valence-electron chi connectivity index (χ4n) is 3.80. The average Bonchev–Trinajstić information content (AvgIpc) is 3.06. The fraction of sp³-hybridized carbons (Fsp3) is 0.917. The second-order valence-corrected chi connectivity index (χ2v) is 8.39. The molecule has 0 amide bonds. The minimum atomic E-state index is -0.988. The zero-order valence-electron chi connectivity index (χ0n) is 18.6. The van der Waals surface area contributed by atoms with E-state index in [1.165, 1.54) is 70.6 Å². The summed E-state index contributed by atoms with van der Waals surface area (Å²) in [5.41, 5.74) is 0. The molecule has 1 aliphatic heterocycles. The van der Waals surface area contributed by atoms with Crippen LogP contribution >= 0.6 is 0 Å². The van der Waals surface area contributed by atoms with Gasteiger partial charge in [0.25, 0.3) is 0 Å². The van der Waals surface area contributed by atoms with Crippen LogP contribution in [0.25, 0.3) is 0 Å². The molecule has 1 aliphatic rings. The molecule has 0 saturated carbocycles. The van der Waals surface area contributed by atoms with Crippen LogP contribution in [0.4, 0.5) is 0 Å². The quantitative estimate of drug-likeness (QED) is 0.214. The van der Waals surface area contributed by atoms with Crippen LogP contribution in [0.5, 0.6) is 0 Å². The molecular formula is C24H46O5. The van der Waals surface area contributed by atoms with Gasteiger partial charge in [-0.25, -0.2) is 0 Å².